The minimum absolute atomic E-state index is 0.312. The number of hydrogen-bond acceptors (Lipinski definition) is 7. The van der Waals surface area contributed by atoms with E-state index < -0.39 is 6.10 Å². The van der Waals surface area contributed by atoms with Crippen molar-refractivity contribution in [3.8, 4) is 17.2 Å². The summed E-state index contributed by atoms with van der Waals surface area (Å²) in [7, 11) is 4.55. The molecule has 1 atom stereocenters. The molecular weight excluding hydrogens is 364 g/mol. The van der Waals surface area contributed by atoms with Gasteiger partial charge in [-0.15, -0.1) is 0 Å². The van der Waals surface area contributed by atoms with Crippen LogP contribution in [0.15, 0.2) is 23.5 Å². The van der Waals surface area contributed by atoms with Crippen LogP contribution in [0.4, 0.5) is 5.69 Å². The van der Waals surface area contributed by atoms with Gasteiger partial charge in [-0.2, -0.15) is 5.10 Å². The van der Waals surface area contributed by atoms with Crippen molar-refractivity contribution in [2.45, 2.75) is 32.9 Å². The zero-order valence-corrected chi connectivity index (χ0v) is 16.6. The summed E-state index contributed by atoms with van der Waals surface area (Å²) in [6, 6.07) is 3.32. The molecule has 1 amide bonds. The summed E-state index contributed by atoms with van der Waals surface area (Å²) in [6.07, 6.45) is 1.56. The number of aryl methyl sites for hydroxylation is 2. The summed E-state index contributed by atoms with van der Waals surface area (Å²) in [4.78, 5) is 18.0. The number of ether oxygens (including phenoxy) is 3. The average molecular weight is 388 g/mol. The zero-order valence-electron chi connectivity index (χ0n) is 16.6. The van der Waals surface area contributed by atoms with Gasteiger partial charge in [0.1, 0.15) is 0 Å². The summed E-state index contributed by atoms with van der Waals surface area (Å²) >= 11 is 0. The van der Waals surface area contributed by atoms with E-state index in [9.17, 15) is 4.79 Å². The molecule has 150 valence electrons. The van der Waals surface area contributed by atoms with Gasteiger partial charge in [-0.05, 0) is 13.8 Å². The van der Waals surface area contributed by atoms with Gasteiger partial charge < -0.3 is 24.4 Å². The summed E-state index contributed by atoms with van der Waals surface area (Å²) in [6.45, 7) is 4.68. The van der Waals surface area contributed by atoms with Crippen LogP contribution in [0.3, 0.4) is 0 Å². The van der Waals surface area contributed by atoms with Crippen molar-refractivity contribution in [1.29, 1.82) is 0 Å². The van der Waals surface area contributed by atoms with Crippen LogP contribution in [0.2, 0.25) is 0 Å². The number of nitrogens with zero attached hydrogens (tertiary/aromatic N) is 3. The van der Waals surface area contributed by atoms with Gasteiger partial charge in [0, 0.05) is 42.5 Å². The molecule has 2 aromatic rings. The molecule has 2 heterocycles. The number of hydrogen-bond donors (Lipinski definition) is 1. The van der Waals surface area contributed by atoms with E-state index in [0.29, 0.717) is 35.1 Å². The number of amides is 1. The smallest absolute Gasteiger partial charge is 0.268 e. The Morgan fingerprint density at radius 3 is 2.46 bits per heavy atom. The molecule has 0 saturated carbocycles. The van der Waals surface area contributed by atoms with Gasteiger partial charge in [0.05, 0.1) is 32.7 Å². The normalized spacial score (nSPS) is 15.6. The van der Waals surface area contributed by atoms with E-state index in [1.807, 2.05) is 24.7 Å². The second-order valence-corrected chi connectivity index (χ2v) is 6.22. The minimum Gasteiger partial charge on any atom is -0.493 e. The molecule has 3 rings (SSSR count). The predicted molar refractivity (Wildman–Crippen MR) is 103 cm³/mol. The number of oxime groups is 1. The zero-order chi connectivity index (χ0) is 20.3. The third-order valence-corrected chi connectivity index (χ3v) is 4.47. The number of methoxy groups -OCH3 is 3. The van der Waals surface area contributed by atoms with Gasteiger partial charge in [0.2, 0.25) is 11.9 Å². The third kappa shape index (κ3) is 3.73. The van der Waals surface area contributed by atoms with Crippen LogP contribution in [0.1, 0.15) is 24.6 Å². The Balaban J connectivity index is 1.72. The van der Waals surface area contributed by atoms with Crippen molar-refractivity contribution in [3.63, 3.8) is 0 Å². The van der Waals surface area contributed by atoms with E-state index in [2.05, 4.69) is 15.6 Å². The summed E-state index contributed by atoms with van der Waals surface area (Å²) in [5.41, 5.74) is 2.97. The van der Waals surface area contributed by atoms with Crippen molar-refractivity contribution in [2.75, 3.05) is 26.6 Å². The predicted octanol–water partition coefficient (Wildman–Crippen LogP) is 2.37. The highest BCUT2D eigenvalue weighted by molar-refractivity contribution is 6.06. The molecule has 0 spiro atoms. The third-order valence-electron chi connectivity index (χ3n) is 4.47. The molecule has 9 nitrogen and oxygen atoms in total. The number of aromatic nitrogens is 2. The summed E-state index contributed by atoms with van der Waals surface area (Å²) in [5.74, 6) is 1.04. The first-order valence-electron chi connectivity index (χ1n) is 8.88. The molecule has 0 aliphatic carbocycles. The monoisotopic (exact) mass is 388 g/mol. The Morgan fingerprint density at radius 1 is 1.25 bits per heavy atom. The maximum Gasteiger partial charge on any atom is 0.268 e. The number of anilines is 1. The highest BCUT2D eigenvalue weighted by Gasteiger charge is 2.30. The van der Waals surface area contributed by atoms with E-state index in [4.69, 9.17) is 19.0 Å². The van der Waals surface area contributed by atoms with Crippen molar-refractivity contribution in [1.82, 2.24) is 9.78 Å². The minimum atomic E-state index is -0.724. The van der Waals surface area contributed by atoms with Gasteiger partial charge in [0.25, 0.3) is 5.91 Å². The van der Waals surface area contributed by atoms with Crippen molar-refractivity contribution >= 4 is 17.3 Å². The Kier molecular flexibility index (Phi) is 5.72. The molecule has 0 saturated heterocycles. The van der Waals surface area contributed by atoms with Gasteiger partial charge in [-0.3, -0.25) is 9.48 Å². The fourth-order valence-electron chi connectivity index (χ4n) is 3.02. The quantitative estimate of drug-likeness (QED) is 0.782. The molecule has 0 fully saturated rings. The molecule has 1 unspecified atom stereocenters. The van der Waals surface area contributed by atoms with Crippen molar-refractivity contribution < 1.29 is 23.8 Å². The number of nitrogens with one attached hydrogen (secondary N) is 1. The molecule has 9 heteroatoms. The summed E-state index contributed by atoms with van der Waals surface area (Å²) in [5, 5.41) is 11.3. The molecule has 1 aromatic heterocycles. The molecule has 1 aromatic carbocycles. The van der Waals surface area contributed by atoms with Crippen molar-refractivity contribution in [2.24, 2.45) is 5.16 Å². The standard InChI is InChI=1S/C19H24N4O5/c1-6-23-10-13(11(2)21-23)14-9-17(28-22-14)19(24)20-12-7-15(25-3)18(27-5)16(8-12)26-4/h7-8,10,17H,6,9H2,1-5H3,(H,20,24). The Labute approximate surface area is 163 Å². The molecule has 1 aliphatic heterocycles. The van der Waals surface area contributed by atoms with Crippen LogP contribution < -0.4 is 19.5 Å². The largest absolute Gasteiger partial charge is 0.493 e. The fourth-order valence-corrected chi connectivity index (χ4v) is 3.02. The van der Waals surface area contributed by atoms with Crippen LogP contribution in [-0.4, -0.2) is 48.8 Å². The average Bonchev–Trinajstić information content (AvgIpc) is 3.33. The van der Waals surface area contributed by atoms with Gasteiger partial charge in [-0.25, -0.2) is 0 Å². The molecule has 0 radical (unpaired) electrons. The van der Waals surface area contributed by atoms with E-state index in [-0.39, 0.29) is 5.91 Å². The second kappa shape index (κ2) is 8.20. The van der Waals surface area contributed by atoms with Crippen LogP contribution in [0, 0.1) is 6.92 Å². The van der Waals surface area contributed by atoms with Gasteiger partial charge in [-0.1, -0.05) is 5.16 Å². The Hall–Kier alpha value is -3.23. The number of rotatable bonds is 7. The first-order valence-corrected chi connectivity index (χ1v) is 8.88. The van der Waals surface area contributed by atoms with Gasteiger partial charge in [0.15, 0.2) is 11.5 Å². The van der Waals surface area contributed by atoms with E-state index in [0.717, 1.165) is 17.8 Å². The molecule has 28 heavy (non-hydrogen) atoms. The van der Waals surface area contributed by atoms with Crippen LogP contribution in [0.25, 0.3) is 0 Å². The lowest BCUT2D eigenvalue weighted by atomic mass is 10.1. The number of carbonyl (C=O) groups excluding carboxylic acids is 1. The lowest BCUT2D eigenvalue weighted by Gasteiger charge is -2.15. The lowest BCUT2D eigenvalue weighted by molar-refractivity contribution is -0.125. The fraction of sp³-hybridized carbons (Fsp3) is 0.421. The molecule has 1 aliphatic rings. The van der Waals surface area contributed by atoms with Crippen LogP contribution in [0.5, 0.6) is 17.2 Å². The maximum atomic E-state index is 12.6. The Morgan fingerprint density at radius 2 is 1.93 bits per heavy atom. The lowest BCUT2D eigenvalue weighted by Crippen LogP contribution is -2.28. The van der Waals surface area contributed by atoms with E-state index in [1.54, 1.807) is 12.1 Å². The SMILES string of the molecule is CCn1cc(C2=NOC(C(=O)Nc3cc(OC)c(OC)c(OC)c3)C2)c(C)n1. The van der Waals surface area contributed by atoms with E-state index in [1.165, 1.54) is 21.3 Å². The van der Waals surface area contributed by atoms with Crippen molar-refractivity contribution in [3.05, 3.63) is 29.6 Å². The first-order chi connectivity index (χ1) is 13.5. The topological polar surface area (TPSA) is 96.2 Å². The first kappa shape index (κ1) is 19.5. The van der Waals surface area contributed by atoms with Crippen LogP contribution in [-0.2, 0) is 16.2 Å². The Bertz CT molecular complexity index is 881. The molecule has 1 N–H and O–H groups in total. The highest BCUT2D eigenvalue weighted by Crippen LogP contribution is 2.40. The summed E-state index contributed by atoms with van der Waals surface area (Å²) < 4.78 is 17.7. The van der Waals surface area contributed by atoms with Gasteiger partial charge >= 0.3 is 0 Å². The van der Waals surface area contributed by atoms with E-state index >= 15 is 0 Å². The second-order valence-electron chi connectivity index (χ2n) is 6.22. The maximum absolute atomic E-state index is 12.6. The van der Waals surface area contributed by atoms with Crippen LogP contribution >= 0.6 is 0 Å². The number of benzene rings is 1. The molecular formula is C19H24N4O5. The number of carbonyl (C=O) groups is 1. The highest BCUT2D eigenvalue weighted by atomic mass is 16.6. The molecule has 0 bridgehead atoms.